The molecule has 2 rings (SSSR count). The summed E-state index contributed by atoms with van der Waals surface area (Å²) in [5, 5.41) is 21.6. The van der Waals surface area contributed by atoms with Gasteiger partial charge in [0.15, 0.2) is 5.84 Å². The molecule has 1 heterocycles. The van der Waals surface area contributed by atoms with E-state index in [0.29, 0.717) is 11.5 Å². The van der Waals surface area contributed by atoms with Crippen LogP contribution in [0.3, 0.4) is 0 Å². The zero-order chi connectivity index (χ0) is 14.0. The Labute approximate surface area is 113 Å². The Balaban J connectivity index is 2.46. The monoisotopic (exact) mass is 263 g/mol. The minimum atomic E-state index is 0.0899. The minimum absolute atomic E-state index is 0.0899. The molecule has 1 fully saturated rings. The number of aryl methyl sites for hydroxylation is 1. The molecular formula is C14H21N3O2. The highest BCUT2D eigenvalue weighted by molar-refractivity contribution is 6.02. The number of amidine groups is 1. The van der Waals surface area contributed by atoms with E-state index < -0.39 is 0 Å². The van der Waals surface area contributed by atoms with Crippen molar-refractivity contribution in [1.82, 2.24) is 0 Å². The molecule has 0 aromatic heterocycles. The van der Waals surface area contributed by atoms with Gasteiger partial charge >= 0.3 is 0 Å². The normalized spacial score (nSPS) is 23.9. The Hall–Kier alpha value is -1.75. The number of aliphatic hydroxyl groups excluding tert-OH is 1. The third-order valence-electron chi connectivity index (χ3n) is 3.92. The summed E-state index contributed by atoms with van der Waals surface area (Å²) >= 11 is 0. The first kappa shape index (κ1) is 13.7. The van der Waals surface area contributed by atoms with Gasteiger partial charge in [0.05, 0.1) is 12.6 Å². The minimum Gasteiger partial charge on any atom is -0.409 e. The fourth-order valence-electron chi connectivity index (χ4n) is 2.74. The molecule has 0 bridgehead atoms. The van der Waals surface area contributed by atoms with E-state index in [0.717, 1.165) is 24.2 Å². The number of benzene rings is 1. The van der Waals surface area contributed by atoms with Crippen LogP contribution >= 0.6 is 0 Å². The maximum Gasteiger partial charge on any atom is 0.172 e. The molecule has 19 heavy (non-hydrogen) atoms. The van der Waals surface area contributed by atoms with Gasteiger partial charge in [-0.15, -0.1) is 0 Å². The van der Waals surface area contributed by atoms with E-state index in [9.17, 15) is 5.11 Å². The molecule has 1 aromatic carbocycles. The SMILES string of the molecule is Cc1ccc(/C(N)=N/O)c(N2CCC(C)C2CO)c1. The van der Waals surface area contributed by atoms with Gasteiger partial charge < -0.3 is 20.9 Å². The number of hydrogen-bond donors (Lipinski definition) is 3. The van der Waals surface area contributed by atoms with Crippen molar-refractivity contribution in [3.63, 3.8) is 0 Å². The van der Waals surface area contributed by atoms with Gasteiger partial charge in [0.25, 0.3) is 0 Å². The summed E-state index contributed by atoms with van der Waals surface area (Å²) in [5.74, 6) is 0.539. The second kappa shape index (κ2) is 5.48. The highest BCUT2D eigenvalue weighted by atomic mass is 16.4. The van der Waals surface area contributed by atoms with E-state index in [1.54, 1.807) is 0 Å². The molecule has 5 nitrogen and oxygen atoms in total. The van der Waals surface area contributed by atoms with Gasteiger partial charge in [-0.1, -0.05) is 18.1 Å². The van der Waals surface area contributed by atoms with Crippen LogP contribution in [-0.4, -0.2) is 35.3 Å². The first-order valence-corrected chi connectivity index (χ1v) is 6.54. The molecule has 0 aliphatic carbocycles. The summed E-state index contributed by atoms with van der Waals surface area (Å²) in [6.45, 7) is 5.14. The molecule has 1 aliphatic heterocycles. The van der Waals surface area contributed by atoms with Crippen LogP contribution in [0.2, 0.25) is 0 Å². The molecule has 1 aromatic rings. The number of oxime groups is 1. The smallest absolute Gasteiger partial charge is 0.172 e. The Morgan fingerprint density at radius 1 is 1.53 bits per heavy atom. The molecule has 0 spiro atoms. The third-order valence-corrected chi connectivity index (χ3v) is 3.92. The Bertz CT molecular complexity index is 488. The molecule has 4 N–H and O–H groups in total. The fourth-order valence-corrected chi connectivity index (χ4v) is 2.74. The average molecular weight is 263 g/mol. The average Bonchev–Trinajstić information content (AvgIpc) is 2.78. The zero-order valence-corrected chi connectivity index (χ0v) is 11.4. The van der Waals surface area contributed by atoms with Gasteiger partial charge in [-0.2, -0.15) is 0 Å². The first-order valence-electron chi connectivity index (χ1n) is 6.54. The number of aliphatic hydroxyl groups is 1. The largest absolute Gasteiger partial charge is 0.409 e. The van der Waals surface area contributed by atoms with Crippen molar-refractivity contribution in [2.45, 2.75) is 26.3 Å². The highest BCUT2D eigenvalue weighted by Gasteiger charge is 2.32. The van der Waals surface area contributed by atoms with E-state index in [2.05, 4.69) is 17.0 Å². The molecule has 1 saturated heterocycles. The lowest BCUT2D eigenvalue weighted by Gasteiger charge is -2.29. The summed E-state index contributed by atoms with van der Waals surface area (Å²) in [5.41, 5.74) is 8.50. The fraction of sp³-hybridized carbons (Fsp3) is 0.500. The summed E-state index contributed by atoms with van der Waals surface area (Å²) in [7, 11) is 0. The molecule has 104 valence electrons. The second-order valence-corrected chi connectivity index (χ2v) is 5.22. The lowest BCUT2D eigenvalue weighted by Crippen LogP contribution is -2.36. The quantitative estimate of drug-likeness (QED) is 0.332. The van der Waals surface area contributed by atoms with Crippen molar-refractivity contribution in [2.24, 2.45) is 16.8 Å². The number of rotatable bonds is 3. The van der Waals surface area contributed by atoms with E-state index in [1.807, 2.05) is 25.1 Å². The van der Waals surface area contributed by atoms with Crippen molar-refractivity contribution in [1.29, 1.82) is 0 Å². The molecule has 0 amide bonds. The highest BCUT2D eigenvalue weighted by Crippen LogP contribution is 2.32. The molecule has 0 radical (unpaired) electrons. The van der Waals surface area contributed by atoms with Gasteiger partial charge in [0, 0.05) is 17.8 Å². The molecule has 2 atom stereocenters. The summed E-state index contributed by atoms with van der Waals surface area (Å²) < 4.78 is 0. The van der Waals surface area contributed by atoms with Crippen LogP contribution in [0.15, 0.2) is 23.4 Å². The maximum absolute atomic E-state index is 9.57. The molecule has 2 unspecified atom stereocenters. The predicted octanol–water partition coefficient (Wildman–Crippen LogP) is 1.30. The van der Waals surface area contributed by atoms with Crippen LogP contribution in [0.5, 0.6) is 0 Å². The summed E-state index contributed by atoms with van der Waals surface area (Å²) in [6.07, 6.45) is 1.04. The molecule has 0 saturated carbocycles. The number of anilines is 1. The van der Waals surface area contributed by atoms with Crippen molar-refractivity contribution < 1.29 is 10.3 Å². The number of nitrogens with zero attached hydrogens (tertiary/aromatic N) is 2. The standard InChI is InChI=1S/C14H21N3O2/c1-9-3-4-11(14(15)16-19)12(7-9)17-6-5-10(2)13(17)8-18/h3-4,7,10,13,18-19H,5-6,8H2,1-2H3,(H2,15,16). The Kier molecular flexibility index (Phi) is 3.95. The molecule has 5 heteroatoms. The van der Waals surface area contributed by atoms with Crippen LogP contribution in [0.1, 0.15) is 24.5 Å². The molecule has 1 aliphatic rings. The topological polar surface area (TPSA) is 82.1 Å². The van der Waals surface area contributed by atoms with Crippen molar-refractivity contribution in [3.05, 3.63) is 29.3 Å². The van der Waals surface area contributed by atoms with E-state index >= 15 is 0 Å². The van der Waals surface area contributed by atoms with E-state index in [-0.39, 0.29) is 18.5 Å². The van der Waals surface area contributed by atoms with Crippen LogP contribution in [-0.2, 0) is 0 Å². The van der Waals surface area contributed by atoms with Gasteiger partial charge in [-0.25, -0.2) is 0 Å². The summed E-state index contributed by atoms with van der Waals surface area (Å²) in [4.78, 5) is 2.16. The van der Waals surface area contributed by atoms with E-state index in [1.165, 1.54) is 0 Å². The van der Waals surface area contributed by atoms with Crippen LogP contribution in [0, 0.1) is 12.8 Å². The van der Waals surface area contributed by atoms with Gasteiger partial charge in [-0.3, -0.25) is 0 Å². The predicted molar refractivity (Wildman–Crippen MR) is 75.7 cm³/mol. The van der Waals surface area contributed by atoms with Crippen molar-refractivity contribution in [2.75, 3.05) is 18.1 Å². The third kappa shape index (κ3) is 2.51. The van der Waals surface area contributed by atoms with Crippen LogP contribution in [0.25, 0.3) is 0 Å². The number of hydrogen-bond acceptors (Lipinski definition) is 4. The van der Waals surface area contributed by atoms with Crippen molar-refractivity contribution >= 4 is 11.5 Å². The number of nitrogens with two attached hydrogens (primary N) is 1. The lowest BCUT2D eigenvalue weighted by molar-refractivity contribution is 0.244. The lowest BCUT2D eigenvalue weighted by atomic mass is 10.0. The Morgan fingerprint density at radius 2 is 2.26 bits per heavy atom. The van der Waals surface area contributed by atoms with Gasteiger partial charge in [0.2, 0.25) is 0 Å². The zero-order valence-electron chi connectivity index (χ0n) is 11.4. The Morgan fingerprint density at radius 3 is 2.89 bits per heavy atom. The maximum atomic E-state index is 9.57. The van der Waals surface area contributed by atoms with Crippen LogP contribution < -0.4 is 10.6 Å². The van der Waals surface area contributed by atoms with Gasteiger partial charge in [0.1, 0.15) is 0 Å². The van der Waals surface area contributed by atoms with Crippen LogP contribution in [0.4, 0.5) is 5.69 Å². The van der Waals surface area contributed by atoms with Crippen molar-refractivity contribution in [3.8, 4) is 0 Å². The van der Waals surface area contributed by atoms with E-state index in [4.69, 9.17) is 10.9 Å². The first-order chi connectivity index (χ1) is 9.08. The summed E-state index contributed by atoms with van der Waals surface area (Å²) in [6, 6.07) is 5.90. The van der Waals surface area contributed by atoms with Gasteiger partial charge in [-0.05, 0) is 37.0 Å². The second-order valence-electron chi connectivity index (χ2n) is 5.22. The molecular weight excluding hydrogens is 242 g/mol.